The van der Waals surface area contributed by atoms with E-state index in [1.54, 1.807) is 24.0 Å². The summed E-state index contributed by atoms with van der Waals surface area (Å²) in [6, 6.07) is 14.4. The highest BCUT2D eigenvalue weighted by atomic mass is 32.2. The van der Waals surface area contributed by atoms with Gasteiger partial charge >= 0.3 is 0 Å². The normalized spacial score (nSPS) is 16.0. The van der Waals surface area contributed by atoms with Crippen LogP contribution >= 0.6 is 11.8 Å². The zero-order valence-corrected chi connectivity index (χ0v) is 13.8. The van der Waals surface area contributed by atoms with E-state index in [-0.39, 0.29) is 11.6 Å². The van der Waals surface area contributed by atoms with Crippen molar-refractivity contribution < 1.29 is 9.72 Å². The molecule has 1 aliphatic heterocycles. The molecule has 122 valence electrons. The number of nitro benzene ring substituents is 1. The zero-order valence-electron chi connectivity index (χ0n) is 13.0. The van der Waals surface area contributed by atoms with Crippen molar-refractivity contribution in [2.75, 3.05) is 5.75 Å². The summed E-state index contributed by atoms with van der Waals surface area (Å²) < 4.78 is 0. The Morgan fingerprint density at radius 1 is 1.25 bits per heavy atom. The van der Waals surface area contributed by atoms with Crippen LogP contribution in [0.2, 0.25) is 0 Å². The maximum Gasteiger partial charge on any atom is 0.272 e. The van der Waals surface area contributed by atoms with Crippen molar-refractivity contribution >= 4 is 34.2 Å². The molecule has 0 atom stereocenters. The topological polar surface area (TPSA) is 75.8 Å². The Morgan fingerprint density at radius 3 is 2.67 bits per heavy atom. The van der Waals surface area contributed by atoms with Gasteiger partial charge in [-0.2, -0.15) is 0 Å². The second-order valence-electron chi connectivity index (χ2n) is 5.38. The molecule has 1 heterocycles. The maximum absolute atomic E-state index is 12.1. The predicted octanol–water partition coefficient (Wildman–Crippen LogP) is 3.67. The van der Waals surface area contributed by atoms with Crippen molar-refractivity contribution in [2.45, 2.75) is 13.5 Å². The molecule has 0 saturated carbocycles. The van der Waals surface area contributed by atoms with E-state index < -0.39 is 4.92 Å². The number of rotatable bonds is 4. The zero-order chi connectivity index (χ0) is 17.1. The third kappa shape index (κ3) is 3.46. The first-order valence-electron chi connectivity index (χ1n) is 7.35. The first-order chi connectivity index (χ1) is 11.5. The van der Waals surface area contributed by atoms with E-state index in [9.17, 15) is 14.9 Å². The van der Waals surface area contributed by atoms with Crippen molar-refractivity contribution in [2.24, 2.45) is 4.99 Å². The molecule has 0 N–H and O–H groups in total. The molecule has 1 amide bonds. The summed E-state index contributed by atoms with van der Waals surface area (Å²) >= 11 is 1.38. The Labute approximate surface area is 143 Å². The molecule has 0 aliphatic carbocycles. The van der Waals surface area contributed by atoms with E-state index in [2.05, 4.69) is 4.99 Å². The summed E-state index contributed by atoms with van der Waals surface area (Å²) in [6.45, 7) is 2.15. The van der Waals surface area contributed by atoms with Gasteiger partial charge in [0.05, 0.1) is 22.9 Å². The van der Waals surface area contributed by atoms with Gasteiger partial charge in [-0.3, -0.25) is 19.8 Å². The smallest absolute Gasteiger partial charge is 0.272 e. The predicted molar refractivity (Wildman–Crippen MR) is 94.4 cm³/mol. The molecule has 0 unspecified atom stereocenters. The molecular formula is C17H15N3O3S. The number of carbonyl (C=O) groups excluding carboxylic acids is 1. The van der Waals surface area contributed by atoms with Gasteiger partial charge in [0.1, 0.15) is 0 Å². The van der Waals surface area contributed by atoms with E-state index in [4.69, 9.17) is 0 Å². The van der Waals surface area contributed by atoms with E-state index in [0.29, 0.717) is 28.7 Å². The number of amides is 1. The Morgan fingerprint density at radius 2 is 2.00 bits per heavy atom. The highest BCUT2D eigenvalue weighted by Crippen LogP contribution is 2.28. The lowest BCUT2D eigenvalue weighted by molar-refractivity contribution is -0.385. The number of aliphatic imine (C=N–C) groups is 1. The molecule has 1 saturated heterocycles. The molecule has 1 fully saturated rings. The Balaban J connectivity index is 1.86. The van der Waals surface area contributed by atoms with Crippen LogP contribution in [-0.2, 0) is 11.3 Å². The van der Waals surface area contributed by atoms with Gasteiger partial charge in [-0.1, -0.05) is 42.1 Å². The van der Waals surface area contributed by atoms with Crippen LogP contribution in [0.25, 0.3) is 0 Å². The standard InChI is InChI=1S/C17H15N3O3S/c1-12-9-14(7-8-15(12)20(22)23)18-17-19(16(21)11-24-17)10-13-5-3-2-4-6-13/h2-9H,10-11H2,1H3/b18-17-. The Kier molecular flexibility index (Phi) is 4.61. The molecule has 0 bridgehead atoms. The molecule has 3 rings (SSSR count). The van der Waals surface area contributed by atoms with Crippen molar-refractivity contribution in [1.82, 2.24) is 4.90 Å². The fourth-order valence-electron chi connectivity index (χ4n) is 2.43. The Bertz CT molecular complexity index is 821. The van der Waals surface area contributed by atoms with Gasteiger partial charge in [-0.15, -0.1) is 0 Å². The summed E-state index contributed by atoms with van der Waals surface area (Å²) in [5.74, 6) is 0.374. The minimum Gasteiger partial charge on any atom is -0.286 e. The van der Waals surface area contributed by atoms with Gasteiger partial charge in [0.2, 0.25) is 5.91 Å². The number of carbonyl (C=O) groups is 1. The van der Waals surface area contributed by atoms with Crippen molar-refractivity contribution in [3.63, 3.8) is 0 Å². The van der Waals surface area contributed by atoms with Gasteiger partial charge in [-0.05, 0) is 24.6 Å². The second-order valence-corrected chi connectivity index (χ2v) is 6.32. The first-order valence-corrected chi connectivity index (χ1v) is 8.34. The number of nitro groups is 1. The van der Waals surface area contributed by atoms with Gasteiger partial charge in [0, 0.05) is 11.6 Å². The lowest BCUT2D eigenvalue weighted by atomic mass is 10.2. The molecule has 6 nitrogen and oxygen atoms in total. The van der Waals surface area contributed by atoms with Crippen molar-refractivity contribution in [3.8, 4) is 0 Å². The highest BCUT2D eigenvalue weighted by Gasteiger charge is 2.28. The van der Waals surface area contributed by atoms with E-state index in [1.807, 2.05) is 30.3 Å². The fourth-order valence-corrected chi connectivity index (χ4v) is 3.33. The first kappa shape index (κ1) is 16.2. The van der Waals surface area contributed by atoms with Crippen molar-refractivity contribution in [3.05, 3.63) is 69.8 Å². The van der Waals surface area contributed by atoms with Gasteiger partial charge < -0.3 is 0 Å². The largest absolute Gasteiger partial charge is 0.286 e. The molecule has 2 aromatic carbocycles. The monoisotopic (exact) mass is 341 g/mol. The van der Waals surface area contributed by atoms with E-state index >= 15 is 0 Å². The third-order valence-electron chi connectivity index (χ3n) is 3.64. The summed E-state index contributed by atoms with van der Waals surface area (Å²) in [5, 5.41) is 11.5. The van der Waals surface area contributed by atoms with Crippen LogP contribution < -0.4 is 0 Å². The molecule has 2 aromatic rings. The maximum atomic E-state index is 12.1. The van der Waals surface area contributed by atoms with E-state index in [1.165, 1.54) is 17.8 Å². The number of benzene rings is 2. The lowest BCUT2D eigenvalue weighted by Crippen LogP contribution is -2.28. The molecule has 0 aromatic heterocycles. The number of nitrogens with zero attached hydrogens (tertiary/aromatic N) is 3. The number of thioether (sulfide) groups is 1. The minimum absolute atomic E-state index is 0.0150. The fraction of sp³-hybridized carbons (Fsp3) is 0.176. The van der Waals surface area contributed by atoms with Crippen LogP contribution in [0.15, 0.2) is 53.5 Å². The minimum atomic E-state index is -0.415. The molecule has 0 radical (unpaired) electrons. The SMILES string of the molecule is Cc1cc(/N=C2\SCC(=O)N2Cc2ccccc2)ccc1[N+](=O)[O-]. The van der Waals surface area contributed by atoms with Gasteiger partial charge in [-0.25, -0.2) is 4.99 Å². The van der Waals surface area contributed by atoms with Crippen LogP contribution in [0.1, 0.15) is 11.1 Å². The van der Waals surface area contributed by atoms with Crippen LogP contribution in [0.3, 0.4) is 0 Å². The molecule has 0 spiro atoms. The quantitative estimate of drug-likeness (QED) is 0.628. The number of amidine groups is 1. The molecule has 1 aliphatic rings. The molecular weight excluding hydrogens is 326 g/mol. The van der Waals surface area contributed by atoms with Crippen LogP contribution in [0.5, 0.6) is 0 Å². The van der Waals surface area contributed by atoms with Crippen molar-refractivity contribution in [1.29, 1.82) is 0 Å². The number of hydrogen-bond donors (Lipinski definition) is 0. The summed E-state index contributed by atoms with van der Waals surface area (Å²) in [5.41, 5.74) is 2.25. The summed E-state index contributed by atoms with van der Waals surface area (Å²) in [7, 11) is 0. The lowest BCUT2D eigenvalue weighted by Gasteiger charge is -2.16. The molecule has 24 heavy (non-hydrogen) atoms. The third-order valence-corrected chi connectivity index (χ3v) is 4.60. The molecule has 7 heteroatoms. The summed E-state index contributed by atoms with van der Waals surface area (Å²) in [6.07, 6.45) is 0. The average molecular weight is 341 g/mol. The van der Waals surface area contributed by atoms with E-state index in [0.717, 1.165) is 5.56 Å². The van der Waals surface area contributed by atoms with Crippen LogP contribution in [0, 0.1) is 17.0 Å². The number of aryl methyl sites for hydroxylation is 1. The van der Waals surface area contributed by atoms with Gasteiger partial charge in [0.15, 0.2) is 5.17 Å². The van der Waals surface area contributed by atoms with Gasteiger partial charge in [0.25, 0.3) is 5.69 Å². The van der Waals surface area contributed by atoms with Crippen LogP contribution in [-0.4, -0.2) is 26.7 Å². The average Bonchev–Trinajstić information content (AvgIpc) is 2.89. The second kappa shape index (κ2) is 6.84. The highest BCUT2D eigenvalue weighted by molar-refractivity contribution is 8.15. The summed E-state index contributed by atoms with van der Waals surface area (Å²) in [4.78, 5) is 28.8. The van der Waals surface area contributed by atoms with Crippen LogP contribution in [0.4, 0.5) is 11.4 Å². The Hall–Kier alpha value is -2.67. The number of hydrogen-bond acceptors (Lipinski definition) is 5.